The molecule has 1 aromatic carbocycles. The molecule has 0 fully saturated rings. The lowest BCUT2D eigenvalue weighted by atomic mass is 10.1. The number of hydrogen-bond donors (Lipinski definition) is 2. The summed E-state index contributed by atoms with van der Waals surface area (Å²) in [6.07, 6.45) is 2.55. The van der Waals surface area contributed by atoms with Crippen molar-refractivity contribution in [2.75, 3.05) is 7.11 Å². The lowest BCUT2D eigenvalue weighted by Gasteiger charge is -2.18. The van der Waals surface area contributed by atoms with Gasteiger partial charge < -0.3 is 15.0 Å². The van der Waals surface area contributed by atoms with E-state index in [9.17, 15) is 9.59 Å². The predicted octanol–water partition coefficient (Wildman–Crippen LogP) is 3.38. The molecular formula is C17H15BrN4O3. The van der Waals surface area contributed by atoms with Crippen LogP contribution in [0.1, 0.15) is 16.4 Å². The Hall–Kier alpha value is -2.87. The highest BCUT2D eigenvalue weighted by atomic mass is 79.9. The van der Waals surface area contributed by atoms with Gasteiger partial charge in [-0.3, -0.25) is 9.36 Å². The Morgan fingerprint density at radius 3 is 2.64 bits per heavy atom. The van der Waals surface area contributed by atoms with Crippen molar-refractivity contribution in [3.8, 4) is 11.5 Å². The molecule has 128 valence electrons. The second-order valence-corrected chi connectivity index (χ2v) is 6.02. The maximum atomic E-state index is 13.1. The van der Waals surface area contributed by atoms with Gasteiger partial charge in [0.2, 0.25) is 0 Å². The van der Waals surface area contributed by atoms with E-state index in [1.165, 1.54) is 11.7 Å². The second kappa shape index (κ2) is 7.35. The number of nitrogens with zero attached hydrogens (tertiary/aromatic N) is 2. The van der Waals surface area contributed by atoms with E-state index in [0.717, 1.165) is 0 Å². The van der Waals surface area contributed by atoms with Crippen LogP contribution in [0.4, 0.5) is 4.79 Å². The van der Waals surface area contributed by atoms with E-state index >= 15 is 0 Å². The van der Waals surface area contributed by atoms with Gasteiger partial charge in [-0.05, 0) is 33.6 Å². The van der Waals surface area contributed by atoms with E-state index in [1.807, 2.05) is 6.07 Å². The van der Waals surface area contributed by atoms with Crippen LogP contribution in [0.15, 0.2) is 59.5 Å². The lowest BCUT2D eigenvalue weighted by molar-refractivity contribution is 0.0851. The Labute approximate surface area is 152 Å². The molecule has 3 rings (SSSR count). The molecule has 0 unspecified atom stereocenters. The number of aromatic amines is 1. The summed E-state index contributed by atoms with van der Waals surface area (Å²) in [5.41, 5.74) is 1.24. The number of carbonyl (C=O) groups is 2. The zero-order chi connectivity index (χ0) is 17.8. The predicted molar refractivity (Wildman–Crippen MR) is 95.1 cm³/mol. The lowest BCUT2D eigenvalue weighted by Crippen LogP contribution is -2.36. The fourth-order valence-corrected chi connectivity index (χ4v) is 2.73. The fraction of sp³-hybridized carbons (Fsp3) is 0.118. The number of hydrogen-bond acceptors (Lipinski definition) is 4. The third-order valence-corrected chi connectivity index (χ3v) is 4.00. The molecule has 3 aromatic rings. The van der Waals surface area contributed by atoms with Crippen molar-refractivity contribution in [3.05, 3.63) is 65.0 Å². The first-order chi connectivity index (χ1) is 12.1. The normalized spacial score (nSPS) is 11.8. The number of rotatable bonds is 4. The van der Waals surface area contributed by atoms with Crippen LogP contribution < -0.4 is 5.32 Å². The summed E-state index contributed by atoms with van der Waals surface area (Å²) < 4.78 is 6.80. The Morgan fingerprint density at radius 1 is 1.24 bits per heavy atom. The number of imidazole rings is 1. The smallest absolute Gasteiger partial charge is 0.407 e. The minimum absolute atomic E-state index is 0.330. The van der Waals surface area contributed by atoms with Crippen molar-refractivity contribution in [1.82, 2.24) is 19.9 Å². The molecule has 8 heteroatoms. The van der Waals surface area contributed by atoms with Crippen LogP contribution in [0.2, 0.25) is 0 Å². The quantitative estimate of drug-likeness (QED) is 0.699. The summed E-state index contributed by atoms with van der Waals surface area (Å²) in [6, 6.07) is 11.6. The number of H-pyrrole nitrogens is 1. The summed E-state index contributed by atoms with van der Waals surface area (Å²) in [4.78, 5) is 32.1. The van der Waals surface area contributed by atoms with E-state index in [2.05, 4.69) is 36.0 Å². The number of carbonyl (C=O) groups excluding carboxylic acids is 2. The molecule has 0 radical (unpaired) electrons. The van der Waals surface area contributed by atoms with E-state index < -0.39 is 12.1 Å². The van der Waals surface area contributed by atoms with Crippen LogP contribution in [-0.4, -0.2) is 33.6 Å². The van der Waals surface area contributed by atoms with Crippen molar-refractivity contribution >= 4 is 27.9 Å². The van der Waals surface area contributed by atoms with Crippen LogP contribution in [0.25, 0.3) is 11.5 Å². The zero-order valence-electron chi connectivity index (χ0n) is 13.3. The highest BCUT2D eigenvalue weighted by Crippen LogP contribution is 2.23. The van der Waals surface area contributed by atoms with Gasteiger partial charge in [-0.15, -0.1) is 0 Å². The van der Waals surface area contributed by atoms with E-state index in [4.69, 9.17) is 0 Å². The van der Waals surface area contributed by atoms with Crippen LogP contribution in [0.5, 0.6) is 0 Å². The number of ether oxygens (including phenoxy) is 1. The molecular weight excluding hydrogens is 388 g/mol. The SMILES string of the molecule is COC(=O)N[C@H](C(=O)n1cccc1-c1ncc(Br)[nH]1)c1ccccc1. The molecule has 0 spiro atoms. The third-order valence-electron chi connectivity index (χ3n) is 3.60. The summed E-state index contributed by atoms with van der Waals surface area (Å²) in [5, 5.41) is 2.58. The molecule has 1 amide bonds. The Morgan fingerprint density at radius 2 is 2.00 bits per heavy atom. The topological polar surface area (TPSA) is 89.0 Å². The molecule has 2 aromatic heterocycles. The minimum Gasteiger partial charge on any atom is -0.453 e. The number of amides is 1. The van der Waals surface area contributed by atoms with Gasteiger partial charge >= 0.3 is 6.09 Å². The van der Waals surface area contributed by atoms with Crippen molar-refractivity contribution in [2.45, 2.75) is 6.04 Å². The first-order valence-electron chi connectivity index (χ1n) is 7.42. The molecule has 0 saturated heterocycles. The molecule has 7 nitrogen and oxygen atoms in total. The first-order valence-corrected chi connectivity index (χ1v) is 8.21. The number of halogens is 1. The van der Waals surface area contributed by atoms with Gasteiger partial charge in [0, 0.05) is 6.20 Å². The molecule has 2 heterocycles. The Balaban J connectivity index is 1.99. The summed E-state index contributed by atoms with van der Waals surface area (Å²) in [5.74, 6) is 0.208. The first kappa shape index (κ1) is 17.0. The summed E-state index contributed by atoms with van der Waals surface area (Å²) >= 11 is 3.30. The van der Waals surface area contributed by atoms with Crippen molar-refractivity contribution in [2.24, 2.45) is 0 Å². The molecule has 2 N–H and O–H groups in total. The average molecular weight is 403 g/mol. The number of aromatic nitrogens is 3. The van der Waals surface area contributed by atoms with Gasteiger partial charge in [0.15, 0.2) is 5.82 Å². The molecule has 0 saturated carbocycles. The van der Waals surface area contributed by atoms with Gasteiger partial charge in [0.25, 0.3) is 5.91 Å². The monoisotopic (exact) mass is 402 g/mol. The number of methoxy groups -OCH3 is 1. The highest BCUT2D eigenvalue weighted by Gasteiger charge is 2.26. The molecule has 0 aliphatic carbocycles. The number of nitrogens with one attached hydrogen (secondary N) is 2. The Bertz CT molecular complexity index is 888. The second-order valence-electron chi connectivity index (χ2n) is 5.16. The van der Waals surface area contributed by atoms with E-state index in [1.54, 1.807) is 48.8 Å². The number of alkyl carbamates (subject to hydrolysis) is 1. The van der Waals surface area contributed by atoms with Crippen LogP contribution >= 0.6 is 15.9 Å². The highest BCUT2D eigenvalue weighted by molar-refractivity contribution is 9.10. The summed E-state index contributed by atoms with van der Waals surface area (Å²) in [7, 11) is 1.25. The number of benzene rings is 1. The van der Waals surface area contributed by atoms with Crippen molar-refractivity contribution < 1.29 is 14.3 Å². The molecule has 0 aliphatic rings. The van der Waals surface area contributed by atoms with Crippen molar-refractivity contribution in [3.63, 3.8) is 0 Å². The van der Waals surface area contributed by atoms with E-state index in [0.29, 0.717) is 21.7 Å². The van der Waals surface area contributed by atoms with Gasteiger partial charge in [-0.25, -0.2) is 9.78 Å². The molecule has 25 heavy (non-hydrogen) atoms. The van der Waals surface area contributed by atoms with Crippen LogP contribution in [-0.2, 0) is 4.74 Å². The van der Waals surface area contributed by atoms with Gasteiger partial charge in [0.1, 0.15) is 10.6 Å². The van der Waals surface area contributed by atoms with Gasteiger partial charge in [-0.1, -0.05) is 30.3 Å². The largest absolute Gasteiger partial charge is 0.453 e. The standard InChI is InChI=1S/C17H15BrN4O3/c1-25-17(24)21-14(11-6-3-2-4-7-11)16(23)22-9-5-8-12(22)15-19-10-13(18)20-15/h2-10,14H,1H3,(H,19,20)(H,21,24)/t14-/m0/s1. The maximum absolute atomic E-state index is 13.1. The van der Waals surface area contributed by atoms with Gasteiger partial charge in [0.05, 0.1) is 19.0 Å². The summed E-state index contributed by atoms with van der Waals surface area (Å²) in [6.45, 7) is 0. The van der Waals surface area contributed by atoms with Crippen LogP contribution in [0, 0.1) is 0 Å². The molecule has 0 aliphatic heterocycles. The minimum atomic E-state index is -0.891. The third kappa shape index (κ3) is 3.63. The Kier molecular flexibility index (Phi) is 4.99. The van der Waals surface area contributed by atoms with Crippen LogP contribution in [0.3, 0.4) is 0 Å². The van der Waals surface area contributed by atoms with Crippen molar-refractivity contribution in [1.29, 1.82) is 0 Å². The van der Waals surface area contributed by atoms with E-state index in [-0.39, 0.29) is 5.91 Å². The zero-order valence-corrected chi connectivity index (χ0v) is 14.9. The molecule has 0 bridgehead atoms. The molecule has 1 atom stereocenters. The van der Waals surface area contributed by atoms with Gasteiger partial charge in [-0.2, -0.15) is 0 Å². The fourth-order valence-electron chi connectivity index (χ4n) is 2.44. The average Bonchev–Trinajstić information content (AvgIpc) is 3.28. The maximum Gasteiger partial charge on any atom is 0.407 e.